The first-order chi connectivity index (χ1) is 12.0. The summed E-state index contributed by atoms with van der Waals surface area (Å²) in [4.78, 5) is 31.0. The van der Waals surface area contributed by atoms with Gasteiger partial charge in [0.05, 0.1) is 13.3 Å². The number of rotatable bonds is 3. The first-order valence-electron chi connectivity index (χ1n) is 8.49. The van der Waals surface area contributed by atoms with E-state index >= 15 is 0 Å². The molecule has 2 fully saturated rings. The first-order valence-corrected chi connectivity index (χ1v) is 8.49. The number of anilines is 1. The minimum absolute atomic E-state index is 0.0963. The van der Waals surface area contributed by atoms with E-state index in [9.17, 15) is 14.0 Å². The maximum absolute atomic E-state index is 14.9. The lowest BCUT2D eigenvalue weighted by atomic mass is 10.1. The van der Waals surface area contributed by atoms with Crippen molar-refractivity contribution in [2.45, 2.75) is 18.8 Å². The smallest absolute Gasteiger partial charge is 0.333 e. The van der Waals surface area contributed by atoms with Crippen LogP contribution in [0.2, 0.25) is 0 Å². The topological polar surface area (TPSA) is 70.0 Å². The Labute approximate surface area is 143 Å². The zero-order valence-corrected chi connectivity index (χ0v) is 14.3. The van der Waals surface area contributed by atoms with Gasteiger partial charge in [-0.1, -0.05) is 0 Å². The molecular formula is C17H21FN4O3. The summed E-state index contributed by atoms with van der Waals surface area (Å²) in [6.07, 6.45) is 2.94. The van der Waals surface area contributed by atoms with Gasteiger partial charge < -0.3 is 14.5 Å². The monoisotopic (exact) mass is 348 g/mol. The van der Waals surface area contributed by atoms with Gasteiger partial charge in [0.15, 0.2) is 11.6 Å². The standard InChI is InChI=1S/C17H21FN4O3/c1-20-5-7-21(8-6-20)13-11(18)9-22-14(15(13)25-2)12(10-3-4-10)16(23)19-17(22)24/h9-10H,3-8H2,1-2H3,(H,19,23,24). The molecule has 0 amide bonds. The van der Waals surface area contributed by atoms with Crippen molar-refractivity contribution in [1.29, 1.82) is 0 Å². The van der Waals surface area contributed by atoms with Crippen molar-refractivity contribution in [3.05, 3.63) is 38.4 Å². The number of nitrogens with one attached hydrogen (secondary N) is 1. The van der Waals surface area contributed by atoms with Crippen LogP contribution in [-0.2, 0) is 0 Å². The van der Waals surface area contributed by atoms with E-state index in [-0.39, 0.29) is 11.7 Å². The molecule has 8 heteroatoms. The van der Waals surface area contributed by atoms with E-state index in [1.165, 1.54) is 11.5 Å². The van der Waals surface area contributed by atoms with Crippen molar-refractivity contribution in [3.63, 3.8) is 0 Å². The number of fused-ring (bicyclic) bond motifs is 1. The Morgan fingerprint density at radius 3 is 2.48 bits per heavy atom. The number of aromatic amines is 1. The quantitative estimate of drug-likeness (QED) is 0.887. The summed E-state index contributed by atoms with van der Waals surface area (Å²) in [5.41, 5.74) is 0.205. The summed E-state index contributed by atoms with van der Waals surface area (Å²) < 4.78 is 21.6. The predicted molar refractivity (Wildman–Crippen MR) is 92.5 cm³/mol. The third-order valence-corrected chi connectivity index (χ3v) is 5.09. The van der Waals surface area contributed by atoms with Crippen molar-refractivity contribution in [3.8, 4) is 5.75 Å². The normalized spacial score (nSPS) is 18.8. The molecule has 2 aliphatic rings. The van der Waals surface area contributed by atoms with Crippen molar-refractivity contribution >= 4 is 11.2 Å². The number of methoxy groups -OCH3 is 1. The molecule has 2 aromatic heterocycles. The Kier molecular flexibility index (Phi) is 3.79. The van der Waals surface area contributed by atoms with Gasteiger partial charge in [-0.25, -0.2) is 9.18 Å². The maximum Gasteiger partial charge on any atom is 0.333 e. The fraction of sp³-hybridized carbons (Fsp3) is 0.529. The molecule has 1 saturated carbocycles. The molecule has 134 valence electrons. The number of nitrogens with zero attached hydrogens (tertiary/aromatic N) is 3. The van der Waals surface area contributed by atoms with Crippen LogP contribution in [0, 0.1) is 5.82 Å². The molecule has 2 aromatic rings. The number of halogens is 1. The molecule has 4 rings (SSSR count). The lowest BCUT2D eigenvalue weighted by Gasteiger charge is -2.35. The number of pyridine rings is 1. The first kappa shape index (κ1) is 16.1. The summed E-state index contributed by atoms with van der Waals surface area (Å²) in [5.74, 6) is -0.154. The lowest BCUT2D eigenvalue weighted by Crippen LogP contribution is -2.45. The van der Waals surface area contributed by atoms with Crippen molar-refractivity contribution in [2.24, 2.45) is 0 Å². The molecular weight excluding hydrogens is 327 g/mol. The fourth-order valence-corrected chi connectivity index (χ4v) is 3.58. The van der Waals surface area contributed by atoms with Gasteiger partial charge in [0, 0.05) is 31.7 Å². The predicted octanol–water partition coefficient (Wildman–Crippen LogP) is 0.765. The van der Waals surface area contributed by atoms with Crippen LogP contribution >= 0.6 is 0 Å². The summed E-state index contributed by atoms with van der Waals surface area (Å²) in [6.45, 7) is 2.94. The second kappa shape index (κ2) is 5.87. The molecule has 1 aliphatic carbocycles. The highest BCUT2D eigenvalue weighted by atomic mass is 19.1. The SMILES string of the molecule is COc1c(N2CCN(C)CC2)c(F)cn2c(=O)[nH]c(=O)c(C3CC3)c12. The molecule has 0 spiro atoms. The van der Waals surface area contributed by atoms with Crippen LogP contribution in [0.1, 0.15) is 24.3 Å². The van der Waals surface area contributed by atoms with Gasteiger partial charge in [0.2, 0.25) is 0 Å². The molecule has 0 aromatic carbocycles. The molecule has 7 nitrogen and oxygen atoms in total. The number of aromatic nitrogens is 2. The highest BCUT2D eigenvalue weighted by Crippen LogP contribution is 2.44. The van der Waals surface area contributed by atoms with Gasteiger partial charge >= 0.3 is 5.69 Å². The minimum atomic E-state index is -0.647. The second-order valence-electron chi connectivity index (χ2n) is 6.82. The van der Waals surface area contributed by atoms with E-state index in [0.717, 1.165) is 32.1 Å². The average molecular weight is 348 g/mol. The van der Waals surface area contributed by atoms with E-state index < -0.39 is 17.1 Å². The van der Waals surface area contributed by atoms with Crippen LogP contribution in [0.5, 0.6) is 5.75 Å². The minimum Gasteiger partial charge on any atom is -0.492 e. The zero-order valence-electron chi connectivity index (χ0n) is 14.3. The largest absolute Gasteiger partial charge is 0.492 e. The van der Waals surface area contributed by atoms with Crippen molar-refractivity contribution in [2.75, 3.05) is 45.2 Å². The zero-order chi connectivity index (χ0) is 17.7. The van der Waals surface area contributed by atoms with Crippen LogP contribution in [0.4, 0.5) is 10.1 Å². The fourth-order valence-electron chi connectivity index (χ4n) is 3.58. The molecule has 0 unspecified atom stereocenters. The lowest BCUT2D eigenvalue weighted by molar-refractivity contribution is 0.309. The van der Waals surface area contributed by atoms with Gasteiger partial charge in [0.1, 0.15) is 11.2 Å². The van der Waals surface area contributed by atoms with Crippen molar-refractivity contribution in [1.82, 2.24) is 14.3 Å². The second-order valence-corrected chi connectivity index (χ2v) is 6.82. The van der Waals surface area contributed by atoms with Crippen LogP contribution in [0.25, 0.3) is 5.52 Å². The molecule has 1 saturated heterocycles. The maximum atomic E-state index is 14.9. The van der Waals surface area contributed by atoms with Gasteiger partial charge in [-0.3, -0.25) is 14.2 Å². The summed E-state index contributed by atoms with van der Waals surface area (Å²) in [5, 5.41) is 0. The van der Waals surface area contributed by atoms with Gasteiger partial charge in [-0.05, 0) is 25.8 Å². The number of hydrogen-bond acceptors (Lipinski definition) is 5. The average Bonchev–Trinajstić information content (AvgIpc) is 3.40. The van der Waals surface area contributed by atoms with E-state index in [1.807, 2.05) is 11.9 Å². The van der Waals surface area contributed by atoms with Crippen LogP contribution in [0.15, 0.2) is 15.8 Å². The van der Waals surface area contributed by atoms with Gasteiger partial charge in [-0.15, -0.1) is 0 Å². The number of likely N-dealkylation sites (N-methyl/N-ethyl adjacent to an activating group) is 1. The van der Waals surface area contributed by atoms with E-state index in [2.05, 4.69) is 9.88 Å². The Morgan fingerprint density at radius 1 is 1.20 bits per heavy atom. The van der Waals surface area contributed by atoms with Crippen molar-refractivity contribution < 1.29 is 9.13 Å². The van der Waals surface area contributed by atoms with E-state index in [1.54, 1.807) is 0 Å². The van der Waals surface area contributed by atoms with Gasteiger partial charge in [0.25, 0.3) is 5.56 Å². The van der Waals surface area contributed by atoms with Gasteiger partial charge in [-0.2, -0.15) is 0 Å². The third-order valence-electron chi connectivity index (χ3n) is 5.09. The Morgan fingerprint density at radius 2 is 1.88 bits per heavy atom. The van der Waals surface area contributed by atoms with E-state index in [4.69, 9.17) is 4.74 Å². The molecule has 1 aliphatic heterocycles. The summed E-state index contributed by atoms with van der Waals surface area (Å²) in [7, 11) is 3.48. The summed E-state index contributed by atoms with van der Waals surface area (Å²) >= 11 is 0. The van der Waals surface area contributed by atoms with E-state index in [0.29, 0.717) is 29.9 Å². The molecule has 1 N–H and O–H groups in total. The number of H-pyrrole nitrogens is 1. The Bertz CT molecular complexity index is 940. The summed E-state index contributed by atoms with van der Waals surface area (Å²) in [6, 6.07) is 0. The molecule has 0 bridgehead atoms. The number of hydrogen-bond donors (Lipinski definition) is 1. The Hall–Kier alpha value is -2.35. The number of ether oxygens (including phenoxy) is 1. The van der Waals surface area contributed by atoms with Crippen LogP contribution in [0.3, 0.4) is 0 Å². The van der Waals surface area contributed by atoms with Crippen LogP contribution in [-0.4, -0.2) is 54.6 Å². The molecule has 0 radical (unpaired) electrons. The highest BCUT2D eigenvalue weighted by Gasteiger charge is 2.33. The molecule has 0 atom stereocenters. The van der Waals surface area contributed by atoms with Crippen LogP contribution < -0.4 is 20.9 Å². The molecule has 3 heterocycles. The third kappa shape index (κ3) is 2.60. The highest BCUT2D eigenvalue weighted by molar-refractivity contribution is 5.78. The molecule has 25 heavy (non-hydrogen) atoms. The Balaban J connectivity index is 2.01. The number of piperazine rings is 1.